The Balaban J connectivity index is 2.37. The second-order valence-corrected chi connectivity index (χ2v) is 4.18. The predicted octanol–water partition coefficient (Wildman–Crippen LogP) is 0.282. The van der Waals surface area contributed by atoms with Gasteiger partial charge in [0.25, 0.3) is 11.8 Å². The summed E-state index contributed by atoms with van der Waals surface area (Å²) in [5.74, 6) is -0.843. The Hall–Kier alpha value is -1.95. The topological polar surface area (TPSA) is 54.3 Å². The summed E-state index contributed by atoms with van der Waals surface area (Å²) in [4.78, 5) is 24.8. The van der Waals surface area contributed by atoms with Gasteiger partial charge in [0.05, 0.1) is 0 Å². The molecule has 0 unspecified atom stereocenters. The van der Waals surface area contributed by atoms with E-state index in [9.17, 15) is 9.59 Å². The maximum absolute atomic E-state index is 11.9. The Morgan fingerprint density at radius 2 is 2.06 bits per heavy atom. The third kappa shape index (κ3) is 2.12. The molecule has 0 saturated carbocycles. The van der Waals surface area contributed by atoms with Crippen molar-refractivity contribution < 1.29 is 9.59 Å². The molecule has 1 aromatic heterocycles. The standard InChI is InChI=1S/C11H11N3O2S/c1-13-4-3-7(6-13)5-8-9(15)12-11(17)14(2)10(8)16/h3-6H,1-2H3,(H,12,15,17)/b8-5-. The van der Waals surface area contributed by atoms with E-state index in [0.717, 1.165) is 5.56 Å². The summed E-state index contributed by atoms with van der Waals surface area (Å²) < 4.78 is 1.84. The van der Waals surface area contributed by atoms with Crippen LogP contribution in [0.15, 0.2) is 24.0 Å². The van der Waals surface area contributed by atoms with Crippen LogP contribution in [0.1, 0.15) is 5.56 Å². The zero-order valence-electron chi connectivity index (χ0n) is 9.43. The maximum Gasteiger partial charge on any atom is 0.265 e. The van der Waals surface area contributed by atoms with Crippen LogP contribution in [0, 0.1) is 0 Å². The number of amides is 2. The number of hydrogen-bond acceptors (Lipinski definition) is 3. The maximum atomic E-state index is 11.9. The molecule has 0 atom stereocenters. The van der Waals surface area contributed by atoms with Crippen molar-refractivity contribution in [1.82, 2.24) is 14.8 Å². The molecule has 5 nitrogen and oxygen atoms in total. The van der Waals surface area contributed by atoms with Crippen LogP contribution < -0.4 is 5.32 Å². The Morgan fingerprint density at radius 1 is 1.35 bits per heavy atom. The molecule has 2 heterocycles. The number of rotatable bonds is 1. The lowest BCUT2D eigenvalue weighted by Crippen LogP contribution is -2.52. The van der Waals surface area contributed by atoms with Crippen molar-refractivity contribution in [2.45, 2.75) is 0 Å². The van der Waals surface area contributed by atoms with Crippen LogP contribution >= 0.6 is 12.2 Å². The molecule has 17 heavy (non-hydrogen) atoms. The normalized spacial score (nSPS) is 18.8. The molecule has 6 heteroatoms. The van der Waals surface area contributed by atoms with Crippen LogP contribution in [-0.4, -0.2) is 33.4 Å². The van der Waals surface area contributed by atoms with Crippen molar-refractivity contribution in [2.24, 2.45) is 7.05 Å². The quantitative estimate of drug-likeness (QED) is 0.442. The minimum absolute atomic E-state index is 0.0901. The molecule has 0 aromatic carbocycles. The molecule has 1 fully saturated rings. The van der Waals surface area contributed by atoms with Gasteiger partial charge in [-0.3, -0.25) is 19.8 Å². The molecule has 0 bridgehead atoms. The van der Waals surface area contributed by atoms with E-state index in [1.165, 1.54) is 11.9 Å². The minimum atomic E-state index is -0.457. The summed E-state index contributed by atoms with van der Waals surface area (Å²) in [6.07, 6.45) is 5.21. The summed E-state index contributed by atoms with van der Waals surface area (Å²) in [6.45, 7) is 0. The molecular formula is C11H11N3O2S. The van der Waals surface area contributed by atoms with Crippen molar-refractivity contribution in [2.75, 3.05) is 7.05 Å². The van der Waals surface area contributed by atoms with Gasteiger partial charge in [-0.05, 0) is 29.9 Å². The zero-order valence-corrected chi connectivity index (χ0v) is 10.2. The fourth-order valence-electron chi connectivity index (χ4n) is 1.52. The Labute approximate surface area is 104 Å². The van der Waals surface area contributed by atoms with Crippen LogP contribution in [0.5, 0.6) is 0 Å². The van der Waals surface area contributed by atoms with Crippen molar-refractivity contribution in [3.63, 3.8) is 0 Å². The van der Waals surface area contributed by atoms with Gasteiger partial charge in [0.15, 0.2) is 5.11 Å². The summed E-state index contributed by atoms with van der Waals surface area (Å²) in [7, 11) is 3.40. The zero-order chi connectivity index (χ0) is 12.6. The second-order valence-electron chi connectivity index (χ2n) is 3.79. The van der Waals surface area contributed by atoms with Gasteiger partial charge in [-0.15, -0.1) is 0 Å². The first-order chi connectivity index (χ1) is 7.99. The number of hydrogen-bond donors (Lipinski definition) is 1. The van der Waals surface area contributed by atoms with Gasteiger partial charge < -0.3 is 4.57 Å². The lowest BCUT2D eigenvalue weighted by atomic mass is 10.1. The largest absolute Gasteiger partial charge is 0.357 e. The van der Waals surface area contributed by atoms with Gasteiger partial charge >= 0.3 is 0 Å². The summed E-state index contributed by atoms with van der Waals surface area (Å²) in [5, 5.41) is 2.59. The average molecular weight is 249 g/mol. The highest BCUT2D eigenvalue weighted by atomic mass is 32.1. The number of aryl methyl sites for hydroxylation is 1. The number of nitrogens with zero attached hydrogens (tertiary/aromatic N) is 2. The van der Waals surface area contributed by atoms with Crippen LogP contribution in [0.2, 0.25) is 0 Å². The molecule has 1 aliphatic heterocycles. The molecule has 1 aromatic rings. The van der Waals surface area contributed by atoms with E-state index in [-0.39, 0.29) is 16.6 Å². The molecule has 2 rings (SSSR count). The van der Waals surface area contributed by atoms with Gasteiger partial charge in [0, 0.05) is 26.5 Å². The van der Waals surface area contributed by atoms with Crippen LogP contribution in [0.3, 0.4) is 0 Å². The van der Waals surface area contributed by atoms with Gasteiger partial charge in [-0.25, -0.2) is 0 Å². The fraction of sp³-hybridized carbons (Fsp3) is 0.182. The molecular weight excluding hydrogens is 238 g/mol. The number of nitrogens with one attached hydrogen (secondary N) is 1. The molecule has 1 saturated heterocycles. The first-order valence-corrected chi connectivity index (χ1v) is 5.37. The highest BCUT2D eigenvalue weighted by Gasteiger charge is 2.30. The smallest absolute Gasteiger partial charge is 0.265 e. The molecule has 88 valence electrons. The summed E-state index contributed by atoms with van der Waals surface area (Å²) >= 11 is 4.85. The SMILES string of the molecule is CN1C(=O)/C(=C\c2ccn(C)c2)C(=O)NC1=S. The summed E-state index contributed by atoms with van der Waals surface area (Å²) in [5.41, 5.74) is 0.888. The Kier molecular flexibility index (Phi) is 2.81. The molecule has 2 amide bonds. The second kappa shape index (κ2) is 4.14. The van der Waals surface area contributed by atoms with Crippen molar-refractivity contribution in [3.8, 4) is 0 Å². The van der Waals surface area contributed by atoms with Gasteiger partial charge in [-0.1, -0.05) is 0 Å². The molecule has 1 N–H and O–H groups in total. The number of carbonyl (C=O) groups excluding carboxylic acids is 2. The average Bonchev–Trinajstić information content (AvgIpc) is 2.67. The van der Waals surface area contributed by atoms with Gasteiger partial charge in [-0.2, -0.15) is 0 Å². The minimum Gasteiger partial charge on any atom is -0.357 e. The van der Waals surface area contributed by atoms with E-state index in [2.05, 4.69) is 5.32 Å². The third-order valence-electron chi connectivity index (χ3n) is 2.47. The van der Waals surface area contributed by atoms with E-state index in [0.29, 0.717) is 0 Å². The van der Waals surface area contributed by atoms with Crippen LogP contribution in [-0.2, 0) is 16.6 Å². The molecule has 0 spiro atoms. The van der Waals surface area contributed by atoms with Crippen LogP contribution in [0.4, 0.5) is 0 Å². The van der Waals surface area contributed by atoms with E-state index in [1.807, 2.05) is 30.1 Å². The van der Waals surface area contributed by atoms with Crippen molar-refractivity contribution in [3.05, 3.63) is 29.6 Å². The summed E-state index contributed by atoms with van der Waals surface area (Å²) in [6, 6.07) is 1.82. The number of carbonyl (C=O) groups is 2. The lowest BCUT2D eigenvalue weighted by molar-refractivity contribution is -0.128. The lowest BCUT2D eigenvalue weighted by Gasteiger charge is -2.24. The number of likely N-dealkylation sites (N-methyl/N-ethyl adjacent to an activating group) is 1. The predicted molar refractivity (Wildman–Crippen MR) is 66.9 cm³/mol. The number of aromatic nitrogens is 1. The van der Waals surface area contributed by atoms with Crippen molar-refractivity contribution >= 4 is 35.2 Å². The molecule has 0 aliphatic carbocycles. The molecule has 0 radical (unpaired) electrons. The van der Waals surface area contributed by atoms with E-state index in [4.69, 9.17) is 12.2 Å². The van der Waals surface area contributed by atoms with E-state index >= 15 is 0 Å². The van der Waals surface area contributed by atoms with Crippen LogP contribution in [0.25, 0.3) is 6.08 Å². The Bertz CT molecular complexity index is 545. The highest BCUT2D eigenvalue weighted by Crippen LogP contribution is 2.13. The Morgan fingerprint density at radius 3 is 2.65 bits per heavy atom. The molecule has 1 aliphatic rings. The first kappa shape index (κ1) is 11.5. The fourth-order valence-corrected chi connectivity index (χ4v) is 1.70. The van der Waals surface area contributed by atoms with E-state index < -0.39 is 5.91 Å². The monoisotopic (exact) mass is 249 g/mol. The van der Waals surface area contributed by atoms with E-state index in [1.54, 1.807) is 6.08 Å². The van der Waals surface area contributed by atoms with Gasteiger partial charge in [0.2, 0.25) is 0 Å². The van der Waals surface area contributed by atoms with Crippen molar-refractivity contribution in [1.29, 1.82) is 0 Å². The van der Waals surface area contributed by atoms with Gasteiger partial charge in [0.1, 0.15) is 5.57 Å². The third-order valence-corrected chi connectivity index (χ3v) is 2.85. The first-order valence-electron chi connectivity index (χ1n) is 4.96. The highest BCUT2D eigenvalue weighted by molar-refractivity contribution is 7.80. The number of thiocarbonyl (C=S) groups is 1.